The largest absolute Gasteiger partial charge is 0.481 e. The standard InChI is InChI=1S/C14H19NO4S/c1-3-11-5-4-6-12(9-11)20(18,19)15-8-7-14(2,10-15)13(16)17/h4-6,9H,3,7-8,10H2,1-2H3,(H,16,17). The van der Waals surface area contributed by atoms with Crippen LogP contribution in [0.15, 0.2) is 29.2 Å². The Kier molecular flexibility index (Phi) is 3.88. The van der Waals surface area contributed by atoms with Gasteiger partial charge in [-0.25, -0.2) is 8.42 Å². The molecule has 1 aliphatic rings. The summed E-state index contributed by atoms with van der Waals surface area (Å²) in [6.45, 7) is 3.83. The van der Waals surface area contributed by atoms with Crippen molar-refractivity contribution in [2.45, 2.75) is 31.6 Å². The minimum Gasteiger partial charge on any atom is -0.481 e. The lowest BCUT2D eigenvalue weighted by molar-refractivity contribution is -0.146. The monoisotopic (exact) mass is 297 g/mol. The van der Waals surface area contributed by atoms with Gasteiger partial charge in [-0.1, -0.05) is 19.1 Å². The number of aryl methyl sites for hydroxylation is 1. The molecule has 1 aliphatic heterocycles. The molecule has 1 aromatic rings. The van der Waals surface area contributed by atoms with Gasteiger partial charge in [0.15, 0.2) is 0 Å². The molecule has 1 atom stereocenters. The number of benzene rings is 1. The summed E-state index contributed by atoms with van der Waals surface area (Å²) in [7, 11) is -3.61. The Hall–Kier alpha value is -1.40. The van der Waals surface area contributed by atoms with Crippen molar-refractivity contribution >= 4 is 16.0 Å². The van der Waals surface area contributed by atoms with Crippen LogP contribution in [-0.2, 0) is 21.2 Å². The van der Waals surface area contributed by atoms with Crippen molar-refractivity contribution in [1.82, 2.24) is 4.31 Å². The van der Waals surface area contributed by atoms with Crippen LogP contribution in [0, 0.1) is 5.41 Å². The molecule has 110 valence electrons. The van der Waals surface area contributed by atoms with Crippen LogP contribution < -0.4 is 0 Å². The summed E-state index contributed by atoms with van der Waals surface area (Å²) < 4.78 is 26.4. The number of carboxylic acids is 1. The summed E-state index contributed by atoms with van der Waals surface area (Å²) in [6, 6.07) is 6.82. The highest BCUT2D eigenvalue weighted by atomic mass is 32.2. The SMILES string of the molecule is CCc1cccc(S(=O)(=O)N2CCC(C)(C(=O)O)C2)c1. The number of nitrogens with zero attached hydrogens (tertiary/aromatic N) is 1. The summed E-state index contributed by atoms with van der Waals surface area (Å²) in [6.07, 6.45) is 1.10. The number of carbonyl (C=O) groups is 1. The van der Waals surface area contributed by atoms with E-state index < -0.39 is 21.4 Å². The maximum atomic E-state index is 12.5. The average Bonchev–Trinajstić information content (AvgIpc) is 2.84. The van der Waals surface area contributed by atoms with Gasteiger partial charge in [-0.05, 0) is 37.5 Å². The molecule has 5 nitrogen and oxygen atoms in total. The molecule has 6 heteroatoms. The van der Waals surface area contributed by atoms with Gasteiger partial charge in [0.1, 0.15) is 0 Å². The topological polar surface area (TPSA) is 74.7 Å². The molecule has 0 saturated carbocycles. The molecule has 1 N–H and O–H groups in total. The highest BCUT2D eigenvalue weighted by Crippen LogP contribution is 2.33. The summed E-state index contributed by atoms with van der Waals surface area (Å²) in [5.74, 6) is -0.947. The predicted octanol–water partition coefficient (Wildman–Crippen LogP) is 1.73. The summed E-state index contributed by atoms with van der Waals surface area (Å²) in [4.78, 5) is 11.5. The Morgan fingerprint density at radius 3 is 2.70 bits per heavy atom. The molecule has 0 bridgehead atoms. The molecule has 1 heterocycles. The zero-order chi connectivity index (χ0) is 15.0. The van der Waals surface area contributed by atoms with Gasteiger partial charge in [-0.2, -0.15) is 4.31 Å². The average molecular weight is 297 g/mol. The minimum atomic E-state index is -3.61. The molecule has 1 saturated heterocycles. The molecular formula is C14H19NO4S. The molecule has 1 fully saturated rings. The second kappa shape index (κ2) is 5.18. The number of carboxylic acid groups (broad SMARTS) is 1. The first-order valence-corrected chi connectivity index (χ1v) is 8.06. The van der Waals surface area contributed by atoms with Gasteiger partial charge in [0.05, 0.1) is 10.3 Å². The Morgan fingerprint density at radius 1 is 1.45 bits per heavy atom. The quantitative estimate of drug-likeness (QED) is 0.918. The molecule has 1 unspecified atom stereocenters. The lowest BCUT2D eigenvalue weighted by Gasteiger charge is -2.20. The Balaban J connectivity index is 2.30. The van der Waals surface area contributed by atoms with Crippen molar-refractivity contribution in [3.8, 4) is 0 Å². The van der Waals surface area contributed by atoms with Gasteiger partial charge in [-0.3, -0.25) is 4.79 Å². The highest BCUT2D eigenvalue weighted by Gasteiger charge is 2.44. The number of sulfonamides is 1. The second-order valence-corrected chi connectivity index (χ2v) is 7.39. The van der Waals surface area contributed by atoms with Gasteiger partial charge in [0.2, 0.25) is 10.0 Å². The molecule has 0 aliphatic carbocycles. The fraction of sp³-hybridized carbons (Fsp3) is 0.500. The first-order valence-electron chi connectivity index (χ1n) is 6.62. The molecular weight excluding hydrogens is 278 g/mol. The van der Waals surface area contributed by atoms with Gasteiger partial charge in [0.25, 0.3) is 0 Å². The van der Waals surface area contributed by atoms with E-state index >= 15 is 0 Å². The first kappa shape index (κ1) is 15.0. The maximum absolute atomic E-state index is 12.5. The predicted molar refractivity (Wildman–Crippen MR) is 74.9 cm³/mol. The third kappa shape index (κ3) is 2.58. The van der Waals surface area contributed by atoms with E-state index in [-0.39, 0.29) is 18.0 Å². The summed E-state index contributed by atoms with van der Waals surface area (Å²) >= 11 is 0. The number of hydrogen-bond donors (Lipinski definition) is 1. The fourth-order valence-electron chi connectivity index (χ4n) is 2.37. The van der Waals surface area contributed by atoms with Crippen LogP contribution in [0.5, 0.6) is 0 Å². The first-order chi connectivity index (χ1) is 9.29. The van der Waals surface area contributed by atoms with Gasteiger partial charge in [0, 0.05) is 13.1 Å². The third-order valence-corrected chi connectivity index (χ3v) is 5.74. The molecule has 0 amide bonds. The van der Waals surface area contributed by atoms with E-state index in [2.05, 4.69) is 0 Å². The Morgan fingerprint density at radius 2 is 2.15 bits per heavy atom. The molecule has 0 radical (unpaired) electrons. The zero-order valence-electron chi connectivity index (χ0n) is 11.7. The van der Waals surface area contributed by atoms with Crippen molar-refractivity contribution in [1.29, 1.82) is 0 Å². The number of rotatable bonds is 4. The highest BCUT2D eigenvalue weighted by molar-refractivity contribution is 7.89. The van der Waals surface area contributed by atoms with E-state index in [1.807, 2.05) is 13.0 Å². The molecule has 1 aromatic carbocycles. The van der Waals surface area contributed by atoms with Crippen molar-refractivity contribution in [3.63, 3.8) is 0 Å². The van der Waals surface area contributed by atoms with Crippen LogP contribution in [0.3, 0.4) is 0 Å². The van der Waals surface area contributed by atoms with E-state index in [9.17, 15) is 18.3 Å². The Bertz CT molecular complexity index is 626. The van der Waals surface area contributed by atoms with E-state index in [1.165, 1.54) is 4.31 Å². The molecule has 0 aromatic heterocycles. The lowest BCUT2D eigenvalue weighted by Crippen LogP contribution is -2.34. The van der Waals surface area contributed by atoms with Crippen LogP contribution in [-0.4, -0.2) is 36.9 Å². The van der Waals surface area contributed by atoms with E-state index in [4.69, 9.17) is 0 Å². The fourth-order valence-corrected chi connectivity index (χ4v) is 4.01. The van der Waals surface area contributed by atoms with Crippen molar-refractivity contribution < 1.29 is 18.3 Å². The third-order valence-electron chi connectivity index (χ3n) is 3.90. The number of aliphatic carboxylic acids is 1. The normalized spacial score (nSPS) is 23.9. The van der Waals surface area contributed by atoms with Crippen LogP contribution >= 0.6 is 0 Å². The minimum absolute atomic E-state index is 0.0288. The summed E-state index contributed by atoms with van der Waals surface area (Å²) in [5, 5.41) is 9.19. The molecule has 2 rings (SSSR count). The van der Waals surface area contributed by atoms with Gasteiger partial charge >= 0.3 is 5.97 Å². The summed E-state index contributed by atoms with van der Waals surface area (Å²) in [5.41, 5.74) is -0.0404. The maximum Gasteiger partial charge on any atom is 0.310 e. The van der Waals surface area contributed by atoms with E-state index in [0.29, 0.717) is 6.42 Å². The van der Waals surface area contributed by atoms with Crippen LogP contribution in [0.4, 0.5) is 0 Å². The van der Waals surface area contributed by atoms with Crippen LogP contribution in [0.2, 0.25) is 0 Å². The smallest absolute Gasteiger partial charge is 0.310 e. The van der Waals surface area contributed by atoms with Crippen molar-refractivity contribution in [2.75, 3.05) is 13.1 Å². The van der Waals surface area contributed by atoms with Gasteiger partial charge in [-0.15, -0.1) is 0 Å². The number of hydrogen-bond acceptors (Lipinski definition) is 3. The molecule has 0 spiro atoms. The molecule has 20 heavy (non-hydrogen) atoms. The second-order valence-electron chi connectivity index (χ2n) is 5.46. The van der Waals surface area contributed by atoms with Gasteiger partial charge < -0.3 is 5.11 Å². The van der Waals surface area contributed by atoms with E-state index in [1.54, 1.807) is 25.1 Å². The van der Waals surface area contributed by atoms with E-state index in [0.717, 1.165) is 12.0 Å². The van der Waals surface area contributed by atoms with Crippen molar-refractivity contribution in [2.24, 2.45) is 5.41 Å². The lowest BCUT2D eigenvalue weighted by atomic mass is 9.90. The zero-order valence-corrected chi connectivity index (χ0v) is 12.5. The van der Waals surface area contributed by atoms with Crippen LogP contribution in [0.25, 0.3) is 0 Å². The van der Waals surface area contributed by atoms with Crippen LogP contribution in [0.1, 0.15) is 25.8 Å². The Labute approximate surface area is 119 Å². The van der Waals surface area contributed by atoms with Crippen molar-refractivity contribution in [3.05, 3.63) is 29.8 Å².